The minimum Gasteiger partial charge on any atom is -0.396 e. The van der Waals surface area contributed by atoms with Crippen LogP contribution in [0.25, 0.3) is 10.2 Å². The third-order valence-corrected chi connectivity index (χ3v) is 4.23. The van der Waals surface area contributed by atoms with Crippen molar-refractivity contribution in [2.45, 2.75) is 12.8 Å². The lowest BCUT2D eigenvalue weighted by molar-refractivity contribution is 0.203. The van der Waals surface area contributed by atoms with Gasteiger partial charge in [-0.05, 0) is 30.2 Å². The smallest absolute Gasteiger partial charge is 0.140 e. The highest BCUT2D eigenvalue weighted by Crippen LogP contribution is 2.29. The highest BCUT2D eigenvalue weighted by molar-refractivity contribution is 7.16. The van der Waals surface area contributed by atoms with Crippen LogP contribution < -0.4 is 4.90 Å². The van der Waals surface area contributed by atoms with Gasteiger partial charge >= 0.3 is 0 Å². The number of hydrogen-bond donors (Lipinski definition) is 1. The molecule has 3 rings (SSSR count). The van der Waals surface area contributed by atoms with E-state index in [9.17, 15) is 0 Å². The van der Waals surface area contributed by atoms with E-state index in [1.54, 1.807) is 17.7 Å². The highest BCUT2D eigenvalue weighted by Gasteiger charge is 2.21. The van der Waals surface area contributed by atoms with Crippen LogP contribution in [0.3, 0.4) is 0 Å². The second-order valence-corrected chi connectivity index (χ2v) is 5.34. The molecule has 90 valence electrons. The molecule has 1 aliphatic heterocycles. The van der Waals surface area contributed by atoms with Crippen LogP contribution in [0.5, 0.6) is 0 Å². The average molecular weight is 249 g/mol. The van der Waals surface area contributed by atoms with E-state index < -0.39 is 0 Å². The Morgan fingerprint density at radius 3 is 2.94 bits per heavy atom. The van der Waals surface area contributed by atoms with Gasteiger partial charge in [-0.25, -0.2) is 9.97 Å². The zero-order valence-corrected chi connectivity index (χ0v) is 10.4. The SMILES string of the molecule is OCC1CCN(c2ncnc3sccc23)CC1. The lowest BCUT2D eigenvalue weighted by Crippen LogP contribution is -2.35. The first kappa shape index (κ1) is 10.9. The van der Waals surface area contributed by atoms with E-state index in [0.29, 0.717) is 12.5 Å². The van der Waals surface area contributed by atoms with E-state index >= 15 is 0 Å². The number of anilines is 1. The fourth-order valence-corrected chi connectivity index (χ4v) is 3.08. The molecule has 1 aliphatic rings. The Morgan fingerprint density at radius 1 is 1.35 bits per heavy atom. The van der Waals surface area contributed by atoms with E-state index in [2.05, 4.69) is 26.3 Å². The van der Waals surface area contributed by atoms with Crippen molar-refractivity contribution in [1.82, 2.24) is 9.97 Å². The zero-order chi connectivity index (χ0) is 11.7. The Kier molecular flexibility index (Phi) is 2.94. The second-order valence-electron chi connectivity index (χ2n) is 4.45. The second kappa shape index (κ2) is 4.58. The molecule has 0 radical (unpaired) electrons. The van der Waals surface area contributed by atoms with E-state index in [1.807, 2.05) is 0 Å². The number of rotatable bonds is 2. The molecule has 1 N–H and O–H groups in total. The van der Waals surface area contributed by atoms with Gasteiger partial charge in [-0.3, -0.25) is 0 Å². The first-order valence-corrected chi connectivity index (χ1v) is 6.80. The van der Waals surface area contributed by atoms with Crippen molar-refractivity contribution in [3.05, 3.63) is 17.8 Å². The van der Waals surface area contributed by atoms with Crippen molar-refractivity contribution >= 4 is 27.4 Å². The lowest BCUT2D eigenvalue weighted by Gasteiger charge is -2.32. The van der Waals surface area contributed by atoms with E-state index in [1.165, 1.54) is 0 Å². The molecule has 0 aliphatic carbocycles. The largest absolute Gasteiger partial charge is 0.396 e. The number of nitrogens with zero attached hydrogens (tertiary/aromatic N) is 3. The average Bonchev–Trinajstić information content (AvgIpc) is 2.87. The summed E-state index contributed by atoms with van der Waals surface area (Å²) in [6.45, 7) is 2.27. The van der Waals surface area contributed by atoms with E-state index in [-0.39, 0.29) is 0 Å². The molecule has 1 fully saturated rings. The first-order chi connectivity index (χ1) is 8.38. The summed E-state index contributed by atoms with van der Waals surface area (Å²) in [6.07, 6.45) is 3.74. The Bertz CT molecular complexity index is 505. The third-order valence-electron chi connectivity index (χ3n) is 3.41. The standard InChI is InChI=1S/C12H15N3OS/c16-7-9-1-4-15(5-2-9)11-10-3-6-17-12(10)14-8-13-11/h3,6,8-9,16H,1-2,4-5,7H2. The predicted molar refractivity (Wildman–Crippen MR) is 69.4 cm³/mol. The Labute approximate surface area is 104 Å². The molecule has 5 heteroatoms. The summed E-state index contributed by atoms with van der Waals surface area (Å²) in [5.74, 6) is 1.51. The summed E-state index contributed by atoms with van der Waals surface area (Å²) in [7, 11) is 0. The van der Waals surface area contributed by atoms with Crippen LogP contribution in [0.15, 0.2) is 17.8 Å². The van der Waals surface area contributed by atoms with Crippen molar-refractivity contribution < 1.29 is 5.11 Å². The van der Waals surface area contributed by atoms with Gasteiger partial charge in [-0.2, -0.15) is 0 Å². The van der Waals surface area contributed by atoms with Crippen molar-refractivity contribution in [3.8, 4) is 0 Å². The molecule has 0 saturated carbocycles. The molecule has 2 aromatic heterocycles. The Hall–Kier alpha value is -1.20. The summed E-state index contributed by atoms with van der Waals surface area (Å²) in [5, 5.41) is 12.4. The molecular formula is C12H15N3OS. The van der Waals surface area contributed by atoms with Gasteiger partial charge < -0.3 is 10.0 Å². The Balaban J connectivity index is 1.87. The van der Waals surface area contributed by atoms with Crippen molar-refractivity contribution in [2.75, 3.05) is 24.6 Å². The van der Waals surface area contributed by atoms with Gasteiger partial charge in [0.15, 0.2) is 0 Å². The maximum Gasteiger partial charge on any atom is 0.140 e. The van der Waals surface area contributed by atoms with Crippen LogP contribution in [-0.2, 0) is 0 Å². The van der Waals surface area contributed by atoms with Gasteiger partial charge in [-0.1, -0.05) is 0 Å². The number of aromatic nitrogens is 2. The van der Waals surface area contributed by atoms with E-state index in [4.69, 9.17) is 5.11 Å². The summed E-state index contributed by atoms with van der Waals surface area (Å²) < 4.78 is 0. The van der Waals surface area contributed by atoms with Gasteiger partial charge in [0.2, 0.25) is 0 Å². The van der Waals surface area contributed by atoms with Crippen LogP contribution in [0, 0.1) is 5.92 Å². The normalized spacial score (nSPS) is 17.8. The number of aliphatic hydroxyl groups is 1. The number of fused-ring (bicyclic) bond motifs is 1. The summed E-state index contributed by atoms with van der Waals surface area (Å²) in [5.41, 5.74) is 0. The van der Waals surface area contributed by atoms with E-state index in [0.717, 1.165) is 42.0 Å². The van der Waals surface area contributed by atoms with Gasteiger partial charge in [0.05, 0.1) is 5.39 Å². The summed E-state index contributed by atoms with van der Waals surface area (Å²) in [6, 6.07) is 2.09. The first-order valence-electron chi connectivity index (χ1n) is 5.92. The fourth-order valence-electron chi connectivity index (χ4n) is 2.36. The van der Waals surface area contributed by atoms with Crippen LogP contribution in [-0.4, -0.2) is 34.8 Å². The fraction of sp³-hybridized carbons (Fsp3) is 0.500. The van der Waals surface area contributed by atoms with Gasteiger partial charge in [0.25, 0.3) is 0 Å². The molecule has 3 heterocycles. The minimum atomic E-state index is 0.311. The van der Waals surface area contributed by atoms with Gasteiger partial charge in [0.1, 0.15) is 17.0 Å². The molecule has 17 heavy (non-hydrogen) atoms. The van der Waals surface area contributed by atoms with Crippen LogP contribution in [0.4, 0.5) is 5.82 Å². The maximum absolute atomic E-state index is 9.14. The molecule has 0 amide bonds. The van der Waals surface area contributed by atoms with Crippen LogP contribution >= 0.6 is 11.3 Å². The third kappa shape index (κ3) is 2.00. The summed E-state index contributed by atoms with van der Waals surface area (Å²) >= 11 is 1.65. The topological polar surface area (TPSA) is 49.2 Å². The maximum atomic E-state index is 9.14. The quantitative estimate of drug-likeness (QED) is 0.883. The minimum absolute atomic E-state index is 0.311. The molecule has 4 nitrogen and oxygen atoms in total. The van der Waals surface area contributed by atoms with Gasteiger partial charge in [-0.15, -0.1) is 11.3 Å². The molecule has 1 saturated heterocycles. The molecule has 0 aromatic carbocycles. The Morgan fingerprint density at radius 2 is 2.18 bits per heavy atom. The van der Waals surface area contributed by atoms with Crippen LogP contribution in [0.1, 0.15) is 12.8 Å². The monoisotopic (exact) mass is 249 g/mol. The molecule has 0 spiro atoms. The molecule has 0 bridgehead atoms. The lowest BCUT2D eigenvalue weighted by atomic mass is 9.98. The van der Waals surface area contributed by atoms with Crippen LogP contribution in [0.2, 0.25) is 0 Å². The predicted octanol–water partition coefficient (Wildman–Crippen LogP) is 1.90. The number of hydrogen-bond acceptors (Lipinski definition) is 5. The zero-order valence-electron chi connectivity index (χ0n) is 9.54. The molecule has 0 unspecified atom stereocenters. The van der Waals surface area contributed by atoms with Crippen molar-refractivity contribution in [1.29, 1.82) is 0 Å². The number of aliphatic hydroxyl groups excluding tert-OH is 1. The molecular weight excluding hydrogens is 234 g/mol. The van der Waals surface area contributed by atoms with Crippen molar-refractivity contribution in [2.24, 2.45) is 5.92 Å². The van der Waals surface area contributed by atoms with Gasteiger partial charge in [0, 0.05) is 19.7 Å². The van der Waals surface area contributed by atoms with Crippen molar-refractivity contribution in [3.63, 3.8) is 0 Å². The number of thiophene rings is 1. The molecule has 2 aromatic rings. The number of piperidine rings is 1. The molecule has 0 atom stereocenters. The summed E-state index contributed by atoms with van der Waals surface area (Å²) in [4.78, 5) is 12.0. The highest BCUT2D eigenvalue weighted by atomic mass is 32.1.